The Kier molecular flexibility index (Phi) is 11.2. The fourth-order valence-electron chi connectivity index (χ4n) is 4.44. The lowest BCUT2D eigenvalue weighted by atomic mass is 10.1. The first kappa shape index (κ1) is 27.7. The monoisotopic (exact) mass is 497 g/mol. The van der Waals surface area contributed by atoms with Gasteiger partial charge in [0.25, 0.3) is 11.8 Å². The molecule has 6 heteroatoms. The Morgan fingerprint density at radius 1 is 0.639 bits per heavy atom. The highest BCUT2D eigenvalue weighted by Gasteiger charge is 2.37. The summed E-state index contributed by atoms with van der Waals surface area (Å²) in [7, 11) is 0. The number of imide groups is 1. The molecule has 3 rings (SSSR count). The van der Waals surface area contributed by atoms with Crippen molar-refractivity contribution in [2.24, 2.45) is 0 Å². The van der Waals surface area contributed by atoms with Crippen LogP contribution in [0.2, 0.25) is 0 Å². The molecule has 0 N–H and O–H groups in total. The molecule has 196 valence electrons. The van der Waals surface area contributed by atoms with Gasteiger partial charge in [0, 0.05) is 18.2 Å². The third kappa shape index (κ3) is 7.81. The lowest BCUT2D eigenvalue weighted by molar-refractivity contribution is 0.0926. The Morgan fingerprint density at radius 3 is 1.69 bits per heavy atom. The van der Waals surface area contributed by atoms with Gasteiger partial charge in [-0.1, -0.05) is 78.1 Å². The molecule has 1 aliphatic rings. The summed E-state index contributed by atoms with van der Waals surface area (Å²) in [5, 5.41) is 0. The van der Waals surface area contributed by atoms with E-state index in [1.807, 2.05) is 6.07 Å². The molecule has 2 aromatic rings. The molecule has 0 bridgehead atoms. The molecule has 0 atom stereocenters. The van der Waals surface area contributed by atoms with Crippen molar-refractivity contribution in [2.45, 2.75) is 90.9 Å². The van der Waals surface area contributed by atoms with Crippen molar-refractivity contribution in [2.75, 3.05) is 18.1 Å². The molecular weight excluding hydrogens is 457 g/mol. The first-order valence-electron chi connectivity index (χ1n) is 13.6. The van der Waals surface area contributed by atoms with Crippen molar-refractivity contribution in [1.29, 1.82) is 0 Å². The lowest BCUT2D eigenvalue weighted by Crippen LogP contribution is -2.29. The van der Waals surface area contributed by atoms with Crippen LogP contribution in [0.3, 0.4) is 0 Å². The molecule has 2 aromatic carbocycles. The fraction of sp³-hybridized carbons (Fsp3) is 0.533. The average molecular weight is 498 g/mol. The third-order valence-corrected chi connectivity index (χ3v) is 6.50. The summed E-state index contributed by atoms with van der Waals surface area (Å²) < 4.78 is 25.7. The zero-order chi connectivity index (χ0) is 25.8. The summed E-state index contributed by atoms with van der Waals surface area (Å²) in [6.07, 6.45) is 13.9. The molecular formula is C30H40FNO4. The Bertz CT molecular complexity index is 970. The van der Waals surface area contributed by atoms with Crippen LogP contribution >= 0.6 is 0 Å². The van der Waals surface area contributed by atoms with Crippen molar-refractivity contribution >= 4 is 17.5 Å². The summed E-state index contributed by atoms with van der Waals surface area (Å²) in [5.74, 6) is -0.436. The van der Waals surface area contributed by atoms with Crippen LogP contribution in [-0.2, 0) is 0 Å². The van der Waals surface area contributed by atoms with Gasteiger partial charge in [-0.3, -0.25) is 9.59 Å². The van der Waals surface area contributed by atoms with E-state index in [0.717, 1.165) is 36.6 Å². The van der Waals surface area contributed by atoms with Gasteiger partial charge in [-0.25, -0.2) is 9.29 Å². The SMILES string of the molecule is CCCCCCCCOc1cc(OCCCCCCCC)cc(N2C(=O)c3ccc(F)cc3C2=O)c1. The number of amides is 2. The highest BCUT2D eigenvalue weighted by Crippen LogP contribution is 2.34. The number of hydrogen-bond donors (Lipinski definition) is 0. The molecule has 0 radical (unpaired) electrons. The van der Waals surface area contributed by atoms with E-state index in [1.54, 1.807) is 12.1 Å². The average Bonchev–Trinajstić information content (AvgIpc) is 3.11. The first-order chi connectivity index (χ1) is 17.5. The second kappa shape index (κ2) is 14.6. The van der Waals surface area contributed by atoms with Crippen LogP contribution in [-0.4, -0.2) is 25.0 Å². The van der Waals surface area contributed by atoms with Gasteiger partial charge in [0.15, 0.2) is 0 Å². The minimum absolute atomic E-state index is 0.0768. The summed E-state index contributed by atoms with van der Waals surface area (Å²) in [6, 6.07) is 8.86. The number of rotatable bonds is 17. The smallest absolute Gasteiger partial charge is 0.266 e. The summed E-state index contributed by atoms with van der Waals surface area (Å²) in [4.78, 5) is 27.1. The van der Waals surface area contributed by atoms with Gasteiger partial charge >= 0.3 is 0 Å². The molecule has 0 saturated heterocycles. The van der Waals surface area contributed by atoms with Crippen molar-refractivity contribution in [3.63, 3.8) is 0 Å². The molecule has 1 aliphatic heterocycles. The quantitative estimate of drug-likeness (QED) is 0.164. The van der Waals surface area contributed by atoms with E-state index >= 15 is 0 Å². The number of carbonyl (C=O) groups excluding carboxylic acids is 2. The minimum atomic E-state index is -0.546. The number of unbranched alkanes of at least 4 members (excludes halogenated alkanes) is 10. The van der Waals surface area contributed by atoms with E-state index in [0.29, 0.717) is 30.4 Å². The Balaban J connectivity index is 1.68. The van der Waals surface area contributed by atoms with Crippen LogP contribution in [0.5, 0.6) is 11.5 Å². The normalized spacial score (nSPS) is 12.8. The second-order valence-electron chi connectivity index (χ2n) is 9.53. The fourth-order valence-corrected chi connectivity index (χ4v) is 4.44. The van der Waals surface area contributed by atoms with E-state index in [1.165, 1.54) is 63.5 Å². The molecule has 0 unspecified atom stereocenters. The maximum Gasteiger partial charge on any atom is 0.266 e. The zero-order valence-corrected chi connectivity index (χ0v) is 21.8. The van der Waals surface area contributed by atoms with Gasteiger partial charge in [0.2, 0.25) is 0 Å². The number of anilines is 1. The van der Waals surface area contributed by atoms with E-state index in [9.17, 15) is 14.0 Å². The van der Waals surface area contributed by atoms with Crippen LogP contribution in [0.4, 0.5) is 10.1 Å². The number of ether oxygens (including phenoxy) is 2. The predicted octanol–water partition coefficient (Wildman–Crippen LogP) is 8.10. The van der Waals surface area contributed by atoms with E-state index in [-0.39, 0.29) is 11.1 Å². The zero-order valence-electron chi connectivity index (χ0n) is 21.8. The molecule has 0 spiro atoms. The Labute approximate surface area is 215 Å². The third-order valence-electron chi connectivity index (χ3n) is 6.50. The van der Waals surface area contributed by atoms with Gasteiger partial charge < -0.3 is 9.47 Å². The van der Waals surface area contributed by atoms with Gasteiger partial charge in [-0.2, -0.15) is 0 Å². The van der Waals surface area contributed by atoms with Gasteiger partial charge in [0.1, 0.15) is 17.3 Å². The van der Waals surface area contributed by atoms with Crippen LogP contribution in [0, 0.1) is 5.82 Å². The van der Waals surface area contributed by atoms with Gasteiger partial charge in [-0.05, 0) is 31.0 Å². The largest absolute Gasteiger partial charge is 0.493 e. The molecule has 2 amide bonds. The predicted molar refractivity (Wildman–Crippen MR) is 142 cm³/mol. The molecule has 1 heterocycles. The van der Waals surface area contributed by atoms with Crippen molar-refractivity contribution < 1.29 is 23.5 Å². The standard InChI is InChI=1S/C30H40FNO4/c1-3-5-7-9-11-13-17-35-25-20-24(21-26(22-25)36-18-14-12-10-8-6-4-2)32-29(33)27-16-15-23(31)19-28(27)30(32)34/h15-16,19-22H,3-14,17-18H2,1-2H3. The summed E-state index contributed by atoms with van der Waals surface area (Å²) in [6.45, 7) is 5.51. The van der Waals surface area contributed by atoms with Crippen LogP contribution < -0.4 is 14.4 Å². The van der Waals surface area contributed by atoms with E-state index in [2.05, 4.69) is 13.8 Å². The number of fused-ring (bicyclic) bond motifs is 1. The van der Waals surface area contributed by atoms with Crippen molar-refractivity contribution in [3.8, 4) is 11.5 Å². The Hall–Kier alpha value is -2.89. The summed E-state index contributed by atoms with van der Waals surface area (Å²) >= 11 is 0. The van der Waals surface area contributed by atoms with E-state index in [4.69, 9.17) is 9.47 Å². The molecule has 36 heavy (non-hydrogen) atoms. The maximum absolute atomic E-state index is 13.7. The maximum atomic E-state index is 13.7. The number of benzene rings is 2. The van der Waals surface area contributed by atoms with Crippen LogP contribution in [0.25, 0.3) is 0 Å². The highest BCUT2D eigenvalue weighted by molar-refractivity contribution is 6.34. The molecule has 0 aliphatic carbocycles. The van der Waals surface area contributed by atoms with Crippen molar-refractivity contribution in [1.82, 2.24) is 0 Å². The summed E-state index contributed by atoms with van der Waals surface area (Å²) in [5.41, 5.74) is 0.655. The van der Waals surface area contributed by atoms with E-state index < -0.39 is 17.6 Å². The Morgan fingerprint density at radius 2 is 1.14 bits per heavy atom. The number of nitrogens with zero attached hydrogens (tertiary/aromatic N) is 1. The van der Waals surface area contributed by atoms with Crippen LogP contribution in [0.1, 0.15) is 112 Å². The minimum Gasteiger partial charge on any atom is -0.493 e. The second-order valence-corrected chi connectivity index (χ2v) is 9.53. The number of hydrogen-bond acceptors (Lipinski definition) is 4. The number of halogens is 1. The van der Waals surface area contributed by atoms with Gasteiger partial charge in [-0.15, -0.1) is 0 Å². The highest BCUT2D eigenvalue weighted by atomic mass is 19.1. The first-order valence-corrected chi connectivity index (χ1v) is 13.6. The molecule has 0 aromatic heterocycles. The van der Waals surface area contributed by atoms with Crippen molar-refractivity contribution in [3.05, 3.63) is 53.3 Å². The molecule has 5 nitrogen and oxygen atoms in total. The van der Waals surface area contributed by atoms with Crippen LogP contribution in [0.15, 0.2) is 36.4 Å². The lowest BCUT2D eigenvalue weighted by Gasteiger charge is -2.18. The molecule has 0 fully saturated rings. The molecule has 0 saturated carbocycles. The topological polar surface area (TPSA) is 55.8 Å². The van der Waals surface area contributed by atoms with Gasteiger partial charge in [0.05, 0.1) is 30.0 Å². The number of carbonyl (C=O) groups is 2.